The van der Waals surface area contributed by atoms with Crippen molar-refractivity contribution in [1.82, 2.24) is 14.2 Å². The fourth-order valence-electron chi connectivity index (χ4n) is 4.20. The van der Waals surface area contributed by atoms with Crippen LogP contribution in [0.5, 0.6) is 0 Å². The normalized spacial score (nSPS) is 15.2. The number of aryl methyl sites for hydroxylation is 2. The molecular formula is C25H31N3O3S. The molecule has 4 rings (SSSR count). The number of nitrogens with zero attached hydrogens (tertiary/aromatic N) is 2. The van der Waals surface area contributed by atoms with E-state index in [-0.39, 0.29) is 5.91 Å². The van der Waals surface area contributed by atoms with Crippen molar-refractivity contribution >= 4 is 26.8 Å². The standard InChI is InChI=1S/C25H31N3O3S/c1-20-5-7-21(8-6-20)11-14-26-25(29)13-18-27-17-12-22-19-23(9-10-24(22)27)32(30,31)28-15-3-2-4-16-28/h5-10,12,17,19H,2-4,11,13-16,18H2,1H3,(H,26,29). The number of rotatable bonds is 8. The van der Waals surface area contributed by atoms with Gasteiger partial charge in [0.2, 0.25) is 15.9 Å². The minimum absolute atomic E-state index is 0.0169. The second kappa shape index (κ2) is 9.88. The molecule has 7 heteroatoms. The topological polar surface area (TPSA) is 71.4 Å². The van der Waals surface area contributed by atoms with Crippen LogP contribution in [0.15, 0.2) is 59.6 Å². The molecule has 1 fully saturated rings. The summed E-state index contributed by atoms with van der Waals surface area (Å²) in [6.45, 7) is 4.43. The van der Waals surface area contributed by atoms with Crippen LogP contribution in [0.2, 0.25) is 0 Å². The largest absolute Gasteiger partial charge is 0.356 e. The predicted molar refractivity (Wildman–Crippen MR) is 127 cm³/mol. The van der Waals surface area contributed by atoms with Crippen molar-refractivity contribution < 1.29 is 13.2 Å². The van der Waals surface area contributed by atoms with Gasteiger partial charge in [0.15, 0.2) is 0 Å². The number of carbonyl (C=O) groups is 1. The molecule has 0 radical (unpaired) electrons. The highest BCUT2D eigenvalue weighted by Gasteiger charge is 2.26. The van der Waals surface area contributed by atoms with Crippen LogP contribution in [0.1, 0.15) is 36.8 Å². The zero-order chi connectivity index (χ0) is 22.6. The van der Waals surface area contributed by atoms with E-state index in [1.807, 2.05) is 22.9 Å². The smallest absolute Gasteiger partial charge is 0.243 e. The first-order chi connectivity index (χ1) is 15.4. The van der Waals surface area contributed by atoms with Crippen LogP contribution in [0.4, 0.5) is 0 Å². The van der Waals surface area contributed by atoms with Crippen molar-refractivity contribution in [2.75, 3.05) is 19.6 Å². The average Bonchev–Trinajstić information content (AvgIpc) is 3.22. The molecule has 0 aliphatic carbocycles. The number of nitrogens with one attached hydrogen (secondary N) is 1. The van der Waals surface area contributed by atoms with Crippen LogP contribution in [-0.2, 0) is 27.8 Å². The first-order valence-corrected chi connectivity index (χ1v) is 12.8. The summed E-state index contributed by atoms with van der Waals surface area (Å²) in [6.07, 6.45) is 6.04. The molecule has 3 aromatic rings. The Morgan fingerprint density at radius 2 is 1.75 bits per heavy atom. The van der Waals surface area contributed by atoms with E-state index in [1.165, 1.54) is 11.1 Å². The zero-order valence-corrected chi connectivity index (χ0v) is 19.4. The molecule has 1 aliphatic heterocycles. The summed E-state index contributed by atoms with van der Waals surface area (Å²) < 4.78 is 29.5. The summed E-state index contributed by atoms with van der Waals surface area (Å²) in [7, 11) is -3.45. The van der Waals surface area contributed by atoms with Crippen molar-refractivity contribution in [3.8, 4) is 0 Å². The second-order valence-corrected chi connectivity index (χ2v) is 10.5. The lowest BCUT2D eigenvalue weighted by Crippen LogP contribution is -2.35. The Bertz CT molecular complexity index is 1180. The number of sulfonamides is 1. The van der Waals surface area contributed by atoms with Gasteiger partial charge in [0.25, 0.3) is 0 Å². The summed E-state index contributed by atoms with van der Waals surface area (Å²) in [5.74, 6) is 0.0169. The molecule has 2 aromatic carbocycles. The second-order valence-electron chi connectivity index (χ2n) is 8.53. The first-order valence-electron chi connectivity index (χ1n) is 11.3. The van der Waals surface area contributed by atoms with E-state index in [9.17, 15) is 13.2 Å². The molecule has 1 aliphatic rings. The van der Waals surface area contributed by atoms with E-state index in [0.29, 0.717) is 37.5 Å². The van der Waals surface area contributed by atoms with E-state index < -0.39 is 10.0 Å². The fraction of sp³-hybridized carbons (Fsp3) is 0.400. The van der Waals surface area contributed by atoms with Crippen molar-refractivity contribution in [3.05, 3.63) is 65.9 Å². The highest BCUT2D eigenvalue weighted by Crippen LogP contribution is 2.25. The number of benzene rings is 2. The number of fused-ring (bicyclic) bond motifs is 1. The van der Waals surface area contributed by atoms with Gasteiger partial charge in [-0.05, 0) is 56.0 Å². The maximum absolute atomic E-state index is 12.9. The summed E-state index contributed by atoms with van der Waals surface area (Å²) >= 11 is 0. The predicted octanol–water partition coefficient (Wildman–Crippen LogP) is 3.87. The van der Waals surface area contributed by atoms with Gasteiger partial charge in [0.1, 0.15) is 0 Å². The van der Waals surface area contributed by atoms with Crippen molar-refractivity contribution in [1.29, 1.82) is 0 Å². The van der Waals surface area contributed by atoms with Gasteiger partial charge in [-0.15, -0.1) is 0 Å². The highest BCUT2D eigenvalue weighted by atomic mass is 32.2. The third-order valence-electron chi connectivity index (χ3n) is 6.13. The number of amides is 1. The number of carbonyl (C=O) groups excluding carboxylic acids is 1. The Balaban J connectivity index is 1.33. The van der Waals surface area contributed by atoms with Gasteiger partial charge >= 0.3 is 0 Å². The minimum atomic E-state index is -3.45. The summed E-state index contributed by atoms with van der Waals surface area (Å²) in [6, 6.07) is 15.5. The van der Waals surface area contributed by atoms with Gasteiger partial charge in [-0.1, -0.05) is 36.2 Å². The zero-order valence-electron chi connectivity index (χ0n) is 18.6. The van der Waals surface area contributed by atoms with Gasteiger partial charge in [0.05, 0.1) is 4.90 Å². The molecule has 2 heterocycles. The fourth-order valence-corrected chi connectivity index (χ4v) is 5.75. The number of hydrogen-bond acceptors (Lipinski definition) is 3. The van der Waals surface area contributed by atoms with Crippen LogP contribution in [0, 0.1) is 6.92 Å². The quantitative estimate of drug-likeness (QED) is 0.563. The molecule has 1 aromatic heterocycles. The molecule has 32 heavy (non-hydrogen) atoms. The molecule has 1 saturated heterocycles. The van der Waals surface area contributed by atoms with Crippen LogP contribution in [0.25, 0.3) is 10.9 Å². The first kappa shape index (κ1) is 22.6. The van der Waals surface area contributed by atoms with Crippen molar-refractivity contribution in [2.24, 2.45) is 0 Å². The average molecular weight is 454 g/mol. The van der Waals surface area contributed by atoms with Crippen LogP contribution in [0.3, 0.4) is 0 Å². The van der Waals surface area contributed by atoms with Crippen LogP contribution >= 0.6 is 0 Å². The van der Waals surface area contributed by atoms with E-state index in [4.69, 9.17) is 0 Å². The lowest BCUT2D eigenvalue weighted by atomic mass is 10.1. The Labute approximate surface area is 190 Å². The Morgan fingerprint density at radius 3 is 2.50 bits per heavy atom. The number of aromatic nitrogens is 1. The molecule has 0 atom stereocenters. The summed E-state index contributed by atoms with van der Waals surface area (Å²) in [5.41, 5.74) is 3.38. The SMILES string of the molecule is Cc1ccc(CCNC(=O)CCn2ccc3cc(S(=O)(=O)N4CCCCC4)ccc32)cc1. The molecule has 6 nitrogen and oxygen atoms in total. The van der Waals surface area contributed by atoms with Gasteiger partial charge in [-0.3, -0.25) is 4.79 Å². The van der Waals surface area contributed by atoms with E-state index >= 15 is 0 Å². The van der Waals surface area contributed by atoms with E-state index in [0.717, 1.165) is 36.6 Å². The number of hydrogen-bond donors (Lipinski definition) is 1. The molecule has 0 saturated carbocycles. The maximum Gasteiger partial charge on any atom is 0.243 e. The van der Waals surface area contributed by atoms with Crippen molar-refractivity contribution in [3.63, 3.8) is 0 Å². The molecule has 1 amide bonds. The Hall–Kier alpha value is -2.64. The van der Waals surface area contributed by atoms with Gasteiger partial charge in [-0.2, -0.15) is 4.31 Å². The van der Waals surface area contributed by atoms with Gasteiger partial charge in [-0.25, -0.2) is 8.42 Å². The molecule has 170 valence electrons. The van der Waals surface area contributed by atoms with E-state index in [1.54, 1.807) is 16.4 Å². The maximum atomic E-state index is 12.9. The van der Waals surface area contributed by atoms with Gasteiger partial charge in [0, 0.05) is 49.7 Å². The molecule has 0 spiro atoms. The molecule has 0 unspecified atom stereocenters. The lowest BCUT2D eigenvalue weighted by Gasteiger charge is -2.25. The summed E-state index contributed by atoms with van der Waals surface area (Å²) in [4.78, 5) is 12.6. The third-order valence-corrected chi connectivity index (χ3v) is 8.03. The lowest BCUT2D eigenvalue weighted by molar-refractivity contribution is -0.121. The monoisotopic (exact) mass is 453 g/mol. The molecule has 1 N–H and O–H groups in total. The highest BCUT2D eigenvalue weighted by molar-refractivity contribution is 7.89. The Morgan fingerprint density at radius 1 is 1.00 bits per heavy atom. The van der Waals surface area contributed by atoms with Crippen molar-refractivity contribution in [2.45, 2.75) is 50.5 Å². The summed E-state index contributed by atoms with van der Waals surface area (Å²) in [5, 5.41) is 3.86. The molecular weight excluding hydrogens is 422 g/mol. The van der Waals surface area contributed by atoms with Crippen LogP contribution in [-0.4, -0.2) is 42.8 Å². The minimum Gasteiger partial charge on any atom is -0.356 e. The van der Waals surface area contributed by atoms with Crippen LogP contribution < -0.4 is 5.32 Å². The molecule has 0 bridgehead atoms. The number of piperidine rings is 1. The Kier molecular flexibility index (Phi) is 6.96. The van der Waals surface area contributed by atoms with Gasteiger partial charge < -0.3 is 9.88 Å². The van der Waals surface area contributed by atoms with E-state index in [2.05, 4.69) is 36.5 Å². The third kappa shape index (κ3) is 5.22.